The number of fused-ring (bicyclic) bond motifs is 2. The molecule has 0 heterocycles. The summed E-state index contributed by atoms with van der Waals surface area (Å²) in [5.74, 6) is 3.41. The van der Waals surface area contributed by atoms with Crippen LogP contribution in [0, 0.1) is 17.8 Å². The van der Waals surface area contributed by atoms with E-state index < -0.39 is 0 Å². The Bertz CT molecular complexity index is 451. The van der Waals surface area contributed by atoms with E-state index in [4.69, 9.17) is 0 Å². The molecule has 0 aliphatic heterocycles. The van der Waals surface area contributed by atoms with Crippen LogP contribution in [-0.4, -0.2) is 29.9 Å². The molecule has 0 aromatic heterocycles. The van der Waals surface area contributed by atoms with Gasteiger partial charge in [0.1, 0.15) is 5.78 Å². The molecule has 0 aromatic carbocycles. The summed E-state index contributed by atoms with van der Waals surface area (Å²) in [5, 5.41) is 0.599. The van der Waals surface area contributed by atoms with Crippen molar-refractivity contribution in [1.29, 1.82) is 0 Å². The van der Waals surface area contributed by atoms with Crippen LogP contribution in [0.25, 0.3) is 0 Å². The fourth-order valence-corrected chi connectivity index (χ4v) is 6.78. The van der Waals surface area contributed by atoms with Gasteiger partial charge in [0, 0.05) is 24.0 Å². The van der Waals surface area contributed by atoms with Gasteiger partial charge in [-0.15, -0.1) is 0 Å². The number of rotatable bonds is 15. The molecule has 0 aromatic rings. The van der Waals surface area contributed by atoms with Crippen LogP contribution in [0.3, 0.4) is 0 Å². The maximum Gasteiger partial charge on any atom is 0.305 e. The number of carbonyl (C=O) groups excluding carboxylic acids is 2. The summed E-state index contributed by atoms with van der Waals surface area (Å²) >= 11 is 2.12. The van der Waals surface area contributed by atoms with Crippen molar-refractivity contribution in [2.75, 3.05) is 12.9 Å². The molecule has 156 valence electrons. The first-order chi connectivity index (χ1) is 13.2. The number of ether oxygens (including phenoxy) is 1. The van der Waals surface area contributed by atoms with Gasteiger partial charge in [-0.25, -0.2) is 0 Å². The molecule has 0 spiro atoms. The SMILES string of the molecule is CCCCCCCCS[C@H]1[C@@H]2CC[C@@H](C2)[C@@H]1C(=O)CCCCCC(=O)OC. The van der Waals surface area contributed by atoms with Gasteiger partial charge in [-0.05, 0) is 56.1 Å². The number of hydrogen-bond acceptors (Lipinski definition) is 4. The van der Waals surface area contributed by atoms with Gasteiger partial charge in [0.15, 0.2) is 0 Å². The highest BCUT2D eigenvalue weighted by molar-refractivity contribution is 7.99. The average molecular weight is 397 g/mol. The minimum absolute atomic E-state index is 0.138. The maximum atomic E-state index is 12.9. The van der Waals surface area contributed by atoms with Crippen molar-refractivity contribution in [2.45, 2.75) is 102 Å². The highest BCUT2D eigenvalue weighted by Gasteiger charge is 2.50. The predicted molar refractivity (Wildman–Crippen MR) is 114 cm³/mol. The molecule has 0 unspecified atom stereocenters. The van der Waals surface area contributed by atoms with E-state index in [-0.39, 0.29) is 5.97 Å². The first-order valence-corrected chi connectivity index (χ1v) is 12.4. The van der Waals surface area contributed by atoms with E-state index in [1.54, 1.807) is 0 Å². The molecule has 0 saturated heterocycles. The van der Waals surface area contributed by atoms with Gasteiger partial charge in [-0.3, -0.25) is 9.59 Å². The summed E-state index contributed by atoms with van der Waals surface area (Å²) in [6, 6.07) is 0. The fraction of sp³-hybridized carbons (Fsp3) is 0.913. The van der Waals surface area contributed by atoms with Gasteiger partial charge in [-0.1, -0.05) is 45.4 Å². The van der Waals surface area contributed by atoms with Crippen LogP contribution in [0.15, 0.2) is 0 Å². The maximum absolute atomic E-state index is 12.9. The van der Waals surface area contributed by atoms with Crippen LogP contribution in [0.1, 0.15) is 96.8 Å². The summed E-state index contributed by atoms with van der Waals surface area (Å²) in [6.07, 6.45) is 15.9. The second-order valence-electron chi connectivity index (χ2n) is 8.57. The van der Waals surface area contributed by atoms with Crippen molar-refractivity contribution < 1.29 is 14.3 Å². The number of ketones is 1. The number of unbranched alkanes of at least 4 members (excludes halogenated alkanes) is 7. The number of methoxy groups -OCH3 is 1. The molecule has 4 heteroatoms. The first-order valence-electron chi connectivity index (χ1n) is 11.4. The number of hydrogen-bond donors (Lipinski definition) is 0. The van der Waals surface area contributed by atoms with Gasteiger partial charge >= 0.3 is 5.97 Å². The highest BCUT2D eigenvalue weighted by Crippen LogP contribution is 2.54. The largest absolute Gasteiger partial charge is 0.469 e. The van der Waals surface area contributed by atoms with Crippen molar-refractivity contribution in [2.24, 2.45) is 17.8 Å². The number of Topliss-reactive ketones (excluding diaryl/α,β-unsaturated/α-hetero) is 1. The van der Waals surface area contributed by atoms with Crippen molar-refractivity contribution in [1.82, 2.24) is 0 Å². The lowest BCUT2D eigenvalue weighted by Gasteiger charge is -2.29. The molecular formula is C23H40O3S. The third-order valence-corrected chi connectivity index (χ3v) is 8.14. The van der Waals surface area contributed by atoms with Crippen LogP contribution in [-0.2, 0) is 14.3 Å². The first kappa shape index (κ1) is 22.8. The molecule has 2 aliphatic carbocycles. The smallest absolute Gasteiger partial charge is 0.305 e. The quantitative estimate of drug-likeness (QED) is 0.245. The van der Waals surface area contributed by atoms with Crippen LogP contribution >= 0.6 is 11.8 Å². The Morgan fingerprint density at radius 2 is 1.56 bits per heavy atom. The van der Waals surface area contributed by atoms with Crippen molar-refractivity contribution >= 4 is 23.5 Å². The zero-order chi connectivity index (χ0) is 19.5. The molecule has 3 nitrogen and oxygen atoms in total. The van der Waals surface area contributed by atoms with Crippen LogP contribution < -0.4 is 0 Å². The van der Waals surface area contributed by atoms with E-state index in [0.29, 0.717) is 35.7 Å². The van der Waals surface area contributed by atoms with E-state index in [0.717, 1.165) is 25.2 Å². The van der Waals surface area contributed by atoms with Gasteiger partial charge in [0.2, 0.25) is 0 Å². The summed E-state index contributed by atoms with van der Waals surface area (Å²) in [5.41, 5.74) is 0. The van der Waals surface area contributed by atoms with Gasteiger partial charge < -0.3 is 4.74 Å². The molecule has 27 heavy (non-hydrogen) atoms. The Morgan fingerprint density at radius 1 is 0.889 bits per heavy atom. The lowest BCUT2D eigenvalue weighted by Crippen LogP contribution is -2.32. The Balaban J connectivity index is 1.65. The summed E-state index contributed by atoms with van der Waals surface area (Å²) < 4.78 is 4.67. The summed E-state index contributed by atoms with van der Waals surface area (Å²) in [7, 11) is 1.43. The van der Waals surface area contributed by atoms with Gasteiger partial charge in [0.25, 0.3) is 0 Å². The number of thioether (sulfide) groups is 1. The zero-order valence-corrected chi connectivity index (χ0v) is 18.4. The van der Waals surface area contributed by atoms with Crippen LogP contribution in [0.2, 0.25) is 0 Å². The lowest BCUT2D eigenvalue weighted by atomic mass is 9.83. The van der Waals surface area contributed by atoms with E-state index in [2.05, 4.69) is 23.4 Å². The molecule has 2 bridgehead atoms. The number of esters is 1. The molecule has 4 atom stereocenters. The average Bonchev–Trinajstić information content (AvgIpc) is 3.28. The second kappa shape index (κ2) is 12.9. The Kier molecular flexibility index (Phi) is 10.8. The van der Waals surface area contributed by atoms with Crippen LogP contribution in [0.4, 0.5) is 0 Å². The Labute approximate surface area is 170 Å². The summed E-state index contributed by atoms with van der Waals surface area (Å²) in [6.45, 7) is 2.27. The Hall–Kier alpha value is -0.510. The van der Waals surface area contributed by atoms with Gasteiger partial charge in [0.05, 0.1) is 7.11 Å². The van der Waals surface area contributed by atoms with E-state index in [9.17, 15) is 9.59 Å². The highest BCUT2D eigenvalue weighted by atomic mass is 32.2. The summed E-state index contributed by atoms with van der Waals surface area (Å²) in [4.78, 5) is 24.1. The minimum atomic E-state index is -0.138. The molecule has 2 fully saturated rings. The molecule has 2 rings (SSSR count). The van der Waals surface area contributed by atoms with Crippen molar-refractivity contribution in [3.63, 3.8) is 0 Å². The molecule has 0 radical (unpaired) electrons. The Morgan fingerprint density at radius 3 is 2.33 bits per heavy atom. The molecule has 2 aliphatic rings. The second-order valence-corrected chi connectivity index (χ2v) is 9.85. The molecule has 0 N–H and O–H groups in total. The normalized spacial score (nSPS) is 26.4. The van der Waals surface area contributed by atoms with E-state index in [1.807, 2.05) is 0 Å². The van der Waals surface area contributed by atoms with E-state index >= 15 is 0 Å². The standard InChI is InChI=1S/C23H40O3S/c1-3-4-5-6-7-11-16-27-23-19-15-14-18(17-19)22(23)20(24)12-9-8-10-13-21(25)26-2/h18-19,22-23H,3-17H2,1-2H3/t18-,19+,22+,23-/m0/s1. The van der Waals surface area contributed by atoms with Crippen molar-refractivity contribution in [3.8, 4) is 0 Å². The van der Waals surface area contributed by atoms with Crippen molar-refractivity contribution in [3.05, 3.63) is 0 Å². The lowest BCUT2D eigenvalue weighted by molar-refractivity contribution is -0.140. The molecule has 2 saturated carbocycles. The topological polar surface area (TPSA) is 43.4 Å². The van der Waals surface area contributed by atoms with E-state index in [1.165, 1.54) is 70.7 Å². The monoisotopic (exact) mass is 396 g/mol. The molecule has 0 amide bonds. The van der Waals surface area contributed by atoms with Gasteiger partial charge in [-0.2, -0.15) is 11.8 Å². The third-order valence-electron chi connectivity index (χ3n) is 6.55. The third kappa shape index (κ3) is 7.44. The zero-order valence-electron chi connectivity index (χ0n) is 17.5. The minimum Gasteiger partial charge on any atom is -0.469 e. The molecular weight excluding hydrogens is 356 g/mol. The predicted octanol–water partition coefficient (Wildman–Crippen LogP) is 6.19. The fourth-order valence-electron chi connectivity index (χ4n) is 5.04. The van der Waals surface area contributed by atoms with Crippen LogP contribution in [0.5, 0.6) is 0 Å². The number of carbonyl (C=O) groups is 2.